The van der Waals surface area contributed by atoms with Crippen molar-refractivity contribution in [1.29, 1.82) is 0 Å². The first kappa shape index (κ1) is 24.6. The van der Waals surface area contributed by atoms with Gasteiger partial charge < -0.3 is 24.5 Å². The van der Waals surface area contributed by atoms with Gasteiger partial charge in [0.15, 0.2) is 20.2 Å². The Kier molecular flexibility index (Phi) is 6.90. The van der Waals surface area contributed by atoms with Crippen LogP contribution in [0.25, 0.3) is 11.1 Å². The Hall–Kier alpha value is -3.11. The molecule has 1 amide bonds. The van der Waals surface area contributed by atoms with Crippen LogP contribution in [0.3, 0.4) is 0 Å². The highest BCUT2D eigenvalue weighted by Crippen LogP contribution is 2.38. The molecule has 5 rings (SSSR count). The summed E-state index contributed by atoms with van der Waals surface area (Å²) in [6, 6.07) is 13.6. The topological polar surface area (TPSA) is 125 Å². The Labute approximate surface area is 210 Å². The lowest BCUT2D eigenvalue weighted by Gasteiger charge is -2.39. The van der Waals surface area contributed by atoms with E-state index < -0.39 is 20.5 Å². The van der Waals surface area contributed by atoms with Gasteiger partial charge in [-0.05, 0) is 68.0 Å². The zero-order valence-corrected chi connectivity index (χ0v) is 20.9. The van der Waals surface area contributed by atoms with Crippen molar-refractivity contribution in [2.24, 2.45) is 11.7 Å². The van der Waals surface area contributed by atoms with Crippen molar-refractivity contribution >= 4 is 26.8 Å². The predicted octanol–water partition coefficient (Wildman–Crippen LogP) is 3.18. The van der Waals surface area contributed by atoms with Crippen LogP contribution in [0.15, 0.2) is 57.8 Å². The summed E-state index contributed by atoms with van der Waals surface area (Å²) < 4.78 is 42.2. The summed E-state index contributed by atoms with van der Waals surface area (Å²) in [5.41, 5.74) is 7.09. The number of piperidine rings is 1. The second kappa shape index (κ2) is 10.1. The molecule has 3 aromatic rings. The second-order valence-electron chi connectivity index (χ2n) is 9.58. The number of amides is 1. The summed E-state index contributed by atoms with van der Waals surface area (Å²) >= 11 is 0. The molecular formula is C26H31N3O6S. The minimum atomic E-state index is -3.94. The van der Waals surface area contributed by atoms with E-state index in [9.17, 15) is 13.2 Å². The van der Waals surface area contributed by atoms with Crippen molar-refractivity contribution < 1.29 is 27.1 Å². The van der Waals surface area contributed by atoms with Crippen molar-refractivity contribution in [2.75, 3.05) is 32.8 Å². The average Bonchev–Trinajstić information content (AvgIpc) is 3.59. The lowest BCUT2D eigenvalue weighted by atomic mass is 9.95. The predicted molar refractivity (Wildman–Crippen MR) is 134 cm³/mol. The largest absolute Gasteiger partial charge is 0.493 e. The number of likely N-dealkylation sites (tertiary alicyclic amines) is 1. The van der Waals surface area contributed by atoms with Gasteiger partial charge in [-0.1, -0.05) is 12.1 Å². The Morgan fingerprint density at radius 3 is 2.42 bits per heavy atom. The molecule has 2 aliphatic rings. The molecule has 0 spiro atoms. The summed E-state index contributed by atoms with van der Waals surface area (Å²) in [6.45, 7) is 2.82. The summed E-state index contributed by atoms with van der Waals surface area (Å²) in [5, 5.41) is 0. The number of fused-ring (bicyclic) bond motifs is 1. The van der Waals surface area contributed by atoms with Crippen LogP contribution in [0.4, 0.5) is 0 Å². The lowest BCUT2D eigenvalue weighted by Crippen LogP contribution is -2.57. The van der Waals surface area contributed by atoms with Gasteiger partial charge in [0.1, 0.15) is 11.3 Å². The van der Waals surface area contributed by atoms with E-state index >= 15 is 0 Å². The van der Waals surface area contributed by atoms with E-state index in [-0.39, 0.29) is 23.8 Å². The molecule has 10 heteroatoms. The standard InChI is InChI=1S/C26H31N3O6S/c27-24(30)26(12-14-29(15-13-26)18-19-6-7-19)36(31,32)21-10-8-20(9-11-21)33-16-3-17-34-25-28-22-4-1-2-5-23(22)35-25/h1-2,4-5,8-11,19H,3,6-7,12-18H2,(H2,27,30). The number of carbonyl (C=O) groups excluding carboxylic acids is 1. The quantitative estimate of drug-likeness (QED) is 0.388. The number of aromatic nitrogens is 1. The molecule has 1 saturated carbocycles. The Balaban J connectivity index is 1.14. The molecule has 2 N–H and O–H groups in total. The molecule has 0 atom stereocenters. The van der Waals surface area contributed by atoms with Crippen LogP contribution in [0.2, 0.25) is 0 Å². The number of nitrogens with zero attached hydrogens (tertiary/aromatic N) is 2. The highest BCUT2D eigenvalue weighted by atomic mass is 32.2. The number of hydrogen-bond donors (Lipinski definition) is 1. The number of oxazole rings is 1. The van der Waals surface area contributed by atoms with Crippen molar-refractivity contribution in [3.05, 3.63) is 48.5 Å². The van der Waals surface area contributed by atoms with Crippen LogP contribution < -0.4 is 15.2 Å². The minimum Gasteiger partial charge on any atom is -0.493 e. The fraction of sp³-hybridized carbons (Fsp3) is 0.462. The molecule has 0 radical (unpaired) electrons. The zero-order valence-electron chi connectivity index (χ0n) is 20.1. The van der Waals surface area contributed by atoms with Crippen LogP contribution in [0.1, 0.15) is 32.1 Å². The third kappa shape index (κ3) is 5.05. The highest BCUT2D eigenvalue weighted by molar-refractivity contribution is 7.93. The Morgan fingerprint density at radius 1 is 1.06 bits per heavy atom. The number of ether oxygens (including phenoxy) is 2. The summed E-state index contributed by atoms with van der Waals surface area (Å²) in [4.78, 5) is 19.0. The van der Waals surface area contributed by atoms with E-state index in [0.717, 1.165) is 12.1 Å². The molecule has 0 bridgehead atoms. The van der Waals surface area contributed by atoms with Gasteiger partial charge >= 0.3 is 6.08 Å². The van der Waals surface area contributed by atoms with E-state index in [4.69, 9.17) is 19.6 Å². The van der Waals surface area contributed by atoms with Gasteiger partial charge in [-0.3, -0.25) is 4.79 Å². The van der Waals surface area contributed by atoms with Crippen LogP contribution in [-0.4, -0.2) is 61.8 Å². The maximum Gasteiger partial charge on any atom is 0.394 e. The lowest BCUT2D eigenvalue weighted by molar-refractivity contribution is -0.121. The normalized spacial score (nSPS) is 18.2. The molecule has 2 heterocycles. The molecule has 1 saturated heterocycles. The molecule has 1 aromatic heterocycles. The monoisotopic (exact) mass is 513 g/mol. The number of hydrogen-bond acceptors (Lipinski definition) is 8. The Bertz CT molecular complexity index is 1280. The molecule has 2 fully saturated rings. The van der Waals surface area contributed by atoms with Crippen LogP contribution in [-0.2, 0) is 14.6 Å². The second-order valence-corrected chi connectivity index (χ2v) is 11.8. The first-order valence-corrected chi connectivity index (χ1v) is 13.8. The third-order valence-corrected chi connectivity index (χ3v) is 9.56. The number of nitrogens with two attached hydrogens (primary N) is 1. The Morgan fingerprint density at radius 2 is 1.75 bits per heavy atom. The average molecular weight is 514 g/mol. The fourth-order valence-corrected chi connectivity index (χ4v) is 6.60. The van der Waals surface area contributed by atoms with Gasteiger partial charge in [-0.15, -0.1) is 0 Å². The molecular weight excluding hydrogens is 482 g/mol. The molecule has 36 heavy (non-hydrogen) atoms. The molecule has 0 unspecified atom stereocenters. The van der Waals surface area contributed by atoms with Crippen molar-refractivity contribution in [1.82, 2.24) is 9.88 Å². The zero-order chi connectivity index (χ0) is 25.2. The minimum absolute atomic E-state index is 0.0867. The van der Waals surface area contributed by atoms with Gasteiger partial charge in [0.25, 0.3) is 0 Å². The maximum absolute atomic E-state index is 13.5. The summed E-state index contributed by atoms with van der Waals surface area (Å²) in [5.74, 6) is 0.472. The molecule has 2 aromatic carbocycles. The molecule has 1 aliphatic heterocycles. The van der Waals surface area contributed by atoms with E-state index in [1.807, 2.05) is 24.3 Å². The fourth-order valence-electron chi connectivity index (χ4n) is 4.67. The highest BCUT2D eigenvalue weighted by Gasteiger charge is 2.52. The van der Waals surface area contributed by atoms with E-state index in [1.165, 1.54) is 25.0 Å². The number of benzene rings is 2. The van der Waals surface area contributed by atoms with Gasteiger partial charge in [0.05, 0.1) is 18.1 Å². The number of para-hydroxylation sites is 2. The van der Waals surface area contributed by atoms with Crippen LogP contribution in [0.5, 0.6) is 11.8 Å². The van der Waals surface area contributed by atoms with Crippen LogP contribution in [0, 0.1) is 5.92 Å². The number of sulfone groups is 1. The van der Waals surface area contributed by atoms with Gasteiger partial charge in [0, 0.05) is 26.1 Å². The first-order valence-electron chi connectivity index (χ1n) is 12.4. The van der Waals surface area contributed by atoms with Crippen molar-refractivity contribution in [3.8, 4) is 11.8 Å². The van der Waals surface area contributed by atoms with Crippen molar-refractivity contribution in [2.45, 2.75) is 41.7 Å². The van der Waals surface area contributed by atoms with E-state index in [2.05, 4.69) is 9.88 Å². The van der Waals surface area contributed by atoms with Gasteiger partial charge in [0.2, 0.25) is 5.91 Å². The number of carbonyl (C=O) groups is 1. The van der Waals surface area contributed by atoms with E-state index in [1.54, 1.807) is 12.1 Å². The smallest absolute Gasteiger partial charge is 0.394 e. The van der Waals surface area contributed by atoms with Gasteiger partial charge in [-0.2, -0.15) is 4.98 Å². The third-order valence-electron chi connectivity index (χ3n) is 7.03. The molecule has 1 aliphatic carbocycles. The van der Waals surface area contributed by atoms with Gasteiger partial charge in [-0.25, -0.2) is 8.42 Å². The van der Waals surface area contributed by atoms with Crippen LogP contribution >= 0.6 is 0 Å². The molecule has 9 nitrogen and oxygen atoms in total. The first-order chi connectivity index (χ1) is 17.4. The number of rotatable bonds is 11. The molecule has 192 valence electrons. The van der Waals surface area contributed by atoms with E-state index in [0.29, 0.717) is 50.0 Å². The number of primary amides is 1. The summed E-state index contributed by atoms with van der Waals surface area (Å²) in [7, 11) is -3.94. The van der Waals surface area contributed by atoms with Crippen molar-refractivity contribution in [3.63, 3.8) is 0 Å². The SMILES string of the molecule is NC(=O)C1(S(=O)(=O)c2ccc(OCCCOc3nc4ccccc4o3)cc2)CCN(CC2CC2)CC1. The maximum atomic E-state index is 13.5. The summed E-state index contributed by atoms with van der Waals surface area (Å²) in [6.07, 6.45) is 3.70.